The Kier molecular flexibility index (Phi) is 3.51. The molecule has 0 aliphatic heterocycles. The summed E-state index contributed by atoms with van der Waals surface area (Å²) in [6.07, 6.45) is -0.0396. The second-order valence-electron chi connectivity index (χ2n) is 5.11. The molecule has 0 amide bonds. The molecular formula is C18H13NO3. The minimum Gasteiger partial charge on any atom is -0.294 e. The minimum absolute atomic E-state index is 0.0396. The van der Waals surface area contributed by atoms with Gasteiger partial charge in [-0.05, 0) is 19.1 Å². The van der Waals surface area contributed by atoms with Crippen molar-refractivity contribution in [2.45, 2.75) is 13.3 Å². The molecule has 0 radical (unpaired) electrons. The molecule has 0 saturated carbocycles. The van der Waals surface area contributed by atoms with Gasteiger partial charge in [0.15, 0.2) is 11.6 Å². The van der Waals surface area contributed by atoms with Crippen LogP contribution in [0.25, 0.3) is 0 Å². The van der Waals surface area contributed by atoms with E-state index in [9.17, 15) is 14.4 Å². The molecule has 0 unspecified atom stereocenters. The Morgan fingerprint density at radius 1 is 0.955 bits per heavy atom. The van der Waals surface area contributed by atoms with Gasteiger partial charge in [-0.1, -0.05) is 36.4 Å². The molecule has 0 N–H and O–H groups in total. The molecule has 3 rings (SSSR count). The minimum atomic E-state index is -0.256. The predicted molar refractivity (Wildman–Crippen MR) is 83.3 cm³/mol. The molecule has 0 saturated heterocycles. The number of para-hydroxylation sites is 1. The average Bonchev–Trinajstić information content (AvgIpc) is 2.53. The van der Waals surface area contributed by atoms with Gasteiger partial charge in [0.2, 0.25) is 5.78 Å². The van der Waals surface area contributed by atoms with E-state index < -0.39 is 0 Å². The number of hydrogen-bond donors (Lipinski definition) is 0. The highest BCUT2D eigenvalue weighted by atomic mass is 16.1. The van der Waals surface area contributed by atoms with Crippen molar-refractivity contribution in [1.29, 1.82) is 0 Å². The lowest BCUT2D eigenvalue weighted by Gasteiger charge is -2.15. The van der Waals surface area contributed by atoms with Crippen LogP contribution in [0.5, 0.6) is 0 Å². The van der Waals surface area contributed by atoms with Crippen LogP contribution in [-0.2, 0) is 0 Å². The number of ketones is 3. The lowest BCUT2D eigenvalue weighted by molar-refractivity contribution is 0.0965. The Balaban J connectivity index is 2.09. The van der Waals surface area contributed by atoms with E-state index in [-0.39, 0.29) is 29.5 Å². The van der Waals surface area contributed by atoms with Crippen LogP contribution in [0.15, 0.2) is 53.5 Å². The van der Waals surface area contributed by atoms with E-state index in [0.717, 1.165) is 0 Å². The first kappa shape index (κ1) is 14.1. The highest BCUT2D eigenvalue weighted by Gasteiger charge is 2.28. The van der Waals surface area contributed by atoms with E-state index in [1.807, 2.05) is 0 Å². The molecule has 0 aromatic heterocycles. The third-order valence-corrected chi connectivity index (χ3v) is 3.60. The maximum Gasteiger partial charge on any atom is 0.208 e. The third kappa shape index (κ3) is 2.39. The molecule has 22 heavy (non-hydrogen) atoms. The summed E-state index contributed by atoms with van der Waals surface area (Å²) in [5.74, 6) is -0.516. The molecular weight excluding hydrogens is 278 g/mol. The summed E-state index contributed by atoms with van der Waals surface area (Å²) in [6.45, 7) is 1.45. The van der Waals surface area contributed by atoms with Gasteiger partial charge in [-0.15, -0.1) is 0 Å². The van der Waals surface area contributed by atoms with Gasteiger partial charge in [-0.2, -0.15) is 0 Å². The summed E-state index contributed by atoms with van der Waals surface area (Å²) in [5, 5.41) is 0. The van der Waals surface area contributed by atoms with Gasteiger partial charge in [-0.25, -0.2) is 4.99 Å². The Labute approximate surface area is 127 Å². The number of rotatable bonds is 2. The fraction of sp³-hybridized carbons (Fsp3) is 0.111. The first-order valence-electron chi connectivity index (χ1n) is 6.92. The van der Waals surface area contributed by atoms with Crippen LogP contribution < -0.4 is 0 Å². The van der Waals surface area contributed by atoms with Crippen LogP contribution >= 0.6 is 0 Å². The van der Waals surface area contributed by atoms with Crippen LogP contribution in [-0.4, -0.2) is 23.1 Å². The fourth-order valence-electron chi connectivity index (χ4n) is 2.51. The van der Waals surface area contributed by atoms with Crippen LogP contribution in [0.4, 0.5) is 5.69 Å². The molecule has 4 heteroatoms. The topological polar surface area (TPSA) is 63.6 Å². The van der Waals surface area contributed by atoms with E-state index in [2.05, 4.69) is 4.99 Å². The monoisotopic (exact) mass is 291 g/mol. The maximum atomic E-state index is 12.5. The number of aliphatic imine (C=N–C) groups is 1. The summed E-state index contributed by atoms with van der Waals surface area (Å²) in [4.78, 5) is 40.6. The zero-order valence-corrected chi connectivity index (χ0v) is 12.0. The number of Topliss-reactive ketones (excluding diaryl/α,β-unsaturated/α-hetero) is 3. The van der Waals surface area contributed by atoms with Gasteiger partial charge in [0.1, 0.15) is 0 Å². The highest BCUT2D eigenvalue weighted by molar-refractivity contribution is 6.53. The molecule has 4 nitrogen and oxygen atoms in total. The van der Waals surface area contributed by atoms with Crippen LogP contribution in [0, 0.1) is 0 Å². The molecule has 108 valence electrons. The fourth-order valence-corrected chi connectivity index (χ4v) is 2.51. The summed E-state index contributed by atoms with van der Waals surface area (Å²) >= 11 is 0. The zero-order chi connectivity index (χ0) is 15.7. The molecule has 0 heterocycles. The molecule has 0 spiro atoms. The second-order valence-corrected chi connectivity index (χ2v) is 5.11. The molecule has 2 aromatic carbocycles. The van der Waals surface area contributed by atoms with E-state index in [4.69, 9.17) is 0 Å². The lowest BCUT2D eigenvalue weighted by atomic mass is 9.88. The molecule has 0 fully saturated rings. The van der Waals surface area contributed by atoms with Gasteiger partial charge in [0.05, 0.1) is 17.8 Å². The van der Waals surface area contributed by atoms with Gasteiger partial charge in [0, 0.05) is 16.7 Å². The van der Waals surface area contributed by atoms with Crippen molar-refractivity contribution in [3.63, 3.8) is 0 Å². The number of benzene rings is 2. The average molecular weight is 291 g/mol. The quantitative estimate of drug-likeness (QED) is 0.796. The van der Waals surface area contributed by atoms with Gasteiger partial charge >= 0.3 is 0 Å². The van der Waals surface area contributed by atoms with Crippen molar-refractivity contribution in [3.8, 4) is 0 Å². The van der Waals surface area contributed by atoms with Crippen molar-refractivity contribution >= 4 is 28.7 Å². The number of carbonyl (C=O) groups is 3. The molecule has 0 bridgehead atoms. The zero-order valence-electron chi connectivity index (χ0n) is 12.0. The van der Waals surface area contributed by atoms with E-state index in [0.29, 0.717) is 22.4 Å². The number of nitrogens with zero attached hydrogens (tertiary/aromatic N) is 1. The van der Waals surface area contributed by atoms with Crippen LogP contribution in [0.2, 0.25) is 0 Å². The molecule has 0 atom stereocenters. The SMILES string of the molecule is CC(=O)c1ccccc1N=C1CC(=O)c2ccccc2C1=O. The smallest absolute Gasteiger partial charge is 0.208 e. The predicted octanol–water partition coefficient (Wildman–Crippen LogP) is 3.43. The number of carbonyl (C=O) groups excluding carboxylic acids is 3. The van der Waals surface area contributed by atoms with Crippen molar-refractivity contribution in [3.05, 3.63) is 65.2 Å². The summed E-state index contributed by atoms with van der Waals surface area (Å²) in [5.41, 5.74) is 1.85. The summed E-state index contributed by atoms with van der Waals surface area (Å²) < 4.78 is 0. The normalized spacial score (nSPS) is 15.8. The molecule has 1 aliphatic carbocycles. The summed E-state index contributed by atoms with van der Waals surface area (Å²) in [7, 11) is 0. The summed E-state index contributed by atoms with van der Waals surface area (Å²) in [6, 6.07) is 13.5. The number of hydrogen-bond acceptors (Lipinski definition) is 4. The van der Waals surface area contributed by atoms with Crippen LogP contribution in [0.1, 0.15) is 44.4 Å². The Bertz CT molecular complexity index is 834. The van der Waals surface area contributed by atoms with Gasteiger partial charge in [-0.3, -0.25) is 14.4 Å². The van der Waals surface area contributed by atoms with Crippen molar-refractivity contribution < 1.29 is 14.4 Å². The second kappa shape index (κ2) is 5.48. The van der Waals surface area contributed by atoms with Crippen molar-refractivity contribution in [2.75, 3.05) is 0 Å². The Morgan fingerprint density at radius 2 is 1.59 bits per heavy atom. The van der Waals surface area contributed by atoms with Crippen molar-refractivity contribution in [1.82, 2.24) is 0 Å². The van der Waals surface area contributed by atoms with E-state index in [1.54, 1.807) is 48.5 Å². The van der Waals surface area contributed by atoms with E-state index >= 15 is 0 Å². The van der Waals surface area contributed by atoms with Gasteiger partial charge in [0.25, 0.3) is 0 Å². The highest BCUT2D eigenvalue weighted by Crippen LogP contribution is 2.24. The standard InChI is InChI=1S/C18H13NO3/c1-11(20)12-6-4-5-9-15(12)19-16-10-17(21)13-7-2-3-8-14(13)18(16)22/h2-9H,10H2,1H3. The Hall–Kier alpha value is -2.88. The first-order valence-corrected chi connectivity index (χ1v) is 6.92. The van der Waals surface area contributed by atoms with Gasteiger partial charge < -0.3 is 0 Å². The third-order valence-electron chi connectivity index (χ3n) is 3.60. The molecule has 2 aromatic rings. The van der Waals surface area contributed by atoms with E-state index in [1.165, 1.54) is 6.92 Å². The molecule has 1 aliphatic rings. The largest absolute Gasteiger partial charge is 0.294 e. The van der Waals surface area contributed by atoms with Crippen LogP contribution in [0.3, 0.4) is 0 Å². The lowest BCUT2D eigenvalue weighted by Crippen LogP contribution is -2.26. The first-order chi connectivity index (χ1) is 10.6. The number of fused-ring (bicyclic) bond motifs is 1. The maximum absolute atomic E-state index is 12.5. The van der Waals surface area contributed by atoms with Crippen molar-refractivity contribution in [2.24, 2.45) is 4.99 Å². The Morgan fingerprint density at radius 3 is 2.32 bits per heavy atom.